The van der Waals surface area contributed by atoms with Gasteiger partial charge in [0, 0.05) is 7.05 Å². The number of hydrogen-bond acceptors (Lipinski definition) is 3. The monoisotopic (exact) mass is 319 g/mol. The van der Waals surface area contributed by atoms with E-state index in [1.165, 1.54) is 6.20 Å². The van der Waals surface area contributed by atoms with Crippen LogP contribution >= 0.6 is 15.9 Å². The number of aromatic nitrogens is 4. The second-order valence-electron chi connectivity index (χ2n) is 4.03. The first-order chi connectivity index (χ1) is 9.16. The SMILES string of the molecule is Cn1c(NC(=O)c2[nH]ncc2Br)nc2ccccc21. The first kappa shape index (κ1) is 11.9. The molecule has 0 aliphatic rings. The number of aromatic amines is 1. The van der Waals surface area contributed by atoms with Crippen LogP contribution in [0.15, 0.2) is 34.9 Å². The minimum Gasteiger partial charge on any atom is -0.313 e. The number of rotatable bonds is 2. The summed E-state index contributed by atoms with van der Waals surface area (Å²) in [5.74, 6) is 0.204. The lowest BCUT2D eigenvalue weighted by atomic mass is 10.3. The van der Waals surface area contributed by atoms with E-state index >= 15 is 0 Å². The molecule has 0 bridgehead atoms. The molecular formula is C12H10BrN5O. The van der Waals surface area contributed by atoms with E-state index in [4.69, 9.17) is 0 Å². The molecule has 0 aliphatic carbocycles. The molecule has 1 aromatic carbocycles. The molecule has 7 heteroatoms. The minimum atomic E-state index is -0.289. The van der Waals surface area contributed by atoms with Gasteiger partial charge in [-0.2, -0.15) is 5.10 Å². The summed E-state index contributed by atoms with van der Waals surface area (Å²) in [7, 11) is 1.85. The molecule has 0 saturated carbocycles. The lowest BCUT2D eigenvalue weighted by Crippen LogP contribution is -2.16. The standard InChI is InChI=1S/C12H10BrN5O/c1-18-9-5-3-2-4-8(9)15-12(18)16-11(19)10-7(13)6-14-17-10/h2-6H,1H3,(H,14,17)(H,15,16,19). The number of halogens is 1. The van der Waals surface area contributed by atoms with Crippen LogP contribution in [0, 0.1) is 0 Å². The van der Waals surface area contributed by atoms with Gasteiger partial charge < -0.3 is 4.57 Å². The highest BCUT2D eigenvalue weighted by Crippen LogP contribution is 2.19. The van der Waals surface area contributed by atoms with Crippen molar-refractivity contribution in [3.63, 3.8) is 0 Å². The maximum absolute atomic E-state index is 12.1. The van der Waals surface area contributed by atoms with Crippen LogP contribution in [0.1, 0.15) is 10.5 Å². The Kier molecular flexibility index (Phi) is 2.83. The van der Waals surface area contributed by atoms with Crippen molar-refractivity contribution in [3.8, 4) is 0 Å². The van der Waals surface area contributed by atoms with Crippen LogP contribution in [0.5, 0.6) is 0 Å². The van der Waals surface area contributed by atoms with Crippen molar-refractivity contribution in [2.75, 3.05) is 5.32 Å². The highest BCUT2D eigenvalue weighted by atomic mass is 79.9. The Morgan fingerprint density at radius 3 is 2.89 bits per heavy atom. The van der Waals surface area contributed by atoms with E-state index in [2.05, 4.69) is 36.4 Å². The number of nitrogens with one attached hydrogen (secondary N) is 2. The number of fused-ring (bicyclic) bond motifs is 1. The molecule has 3 rings (SSSR count). The Balaban J connectivity index is 1.96. The van der Waals surface area contributed by atoms with Crippen molar-refractivity contribution in [1.82, 2.24) is 19.7 Å². The molecule has 0 saturated heterocycles. The molecule has 96 valence electrons. The fourth-order valence-electron chi connectivity index (χ4n) is 1.85. The molecule has 6 nitrogen and oxygen atoms in total. The predicted octanol–water partition coefficient (Wildman–Crippen LogP) is 2.31. The van der Waals surface area contributed by atoms with Crippen molar-refractivity contribution in [2.24, 2.45) is 7.05 Å². The van der Waals surface area contributed by atoms with Gasteiger partial charge in [-0.3, -0.25) is 15.2 Å². The molecular weight excluding hydrogens is 310 g/mol. The molecule has 0 fully saturated rings. The quantitative estimate of drug-likeness (QED) is 0.761. The Morgan fingerprint density at radius 2 is 2.21 bits per heavy atom. The van der Waals surface area contributed by atoms with E-state index in [0.29, 0.717) is 16.1 Å². The van der Waals surface area contributed by atoms with Crippen LogP contribution in [0.3, 0.4) is 0 Å². The van der Waals surface area contributed by atoms with Crippen molar-refractivity contribution < 1.29 is 4.79 Å². The van der Waals surface area contributed by atoms with E-state index in [1.54, 1.807) is 0 Å². The van der Waals surface area contributed by atoms with Crippen LogP contribution in [-0.2, 0) is 7.05 Å². The molecule has 0 unspecified atom stereocenters. The molecule has 0 aliphatic heterocycles. The van der Waals surface area contributed by atoms with Crippen molar-refractivity contribution in [2.45, 2.75) is 0 Å². The fraction of sp³-hybridized carbons (Fsp3) is 0.0833. The molecule has 2 N–H and O–H groups in total. The zero-order chi connectivity index (χ0) is 13.4. The van der Waals surface area contributed by atoms with Gasteiger partial charge in [-0.1, -0.05) is 12.1 Å². The number of anilines is 1. The number of H-pyrrole nitrogens is 1. The number of carbonyl (C=O) groups excluding carboxylic acids is 1. The summed E-state index contributed by atoms with van der Waals surface area (Å²) in [6, 6.07) is 7.69. The van der Waals surface area contributed by atoms with Gasteiger partial charge in [-0.05, 0) is 28.1 Å². The van der Waals surface area contributed by atoms with Crippen molar-refractivity contribution in [3.05, 3.63) is 40.6 Å². The third-order valence-electron chi connectivity index (χ3n) is 2.83. The zero-order valence-corrected chi connectivity index (χ0v) is 11.6. The van der Waals surface area contributed by atoms with Gasteiger partial charge in [-0.15, -0.1) is 0 Å². The third-order valence-corrected chi connectivity index (χ3v) is 3.43. The average molecular weight is 320 g/mol. The Morgan fingerprint density at radius 1 is 1.42 bits per heavy atom. The maximum Gasteiger partial charge on any atom is 0.277 e. The van der Waals surface area contributed by atoms with Crippen molar-refractivity contribution >= 4 is 38.8 Å². The number of nitrogens with zero attached hydrogens (tertiary/aromatic N) is 3. The van der Waals surface area contributed by atoms with Crippen LogP contribution in [0.4, 0.5) is 5.95 Å². The van der Waals surface area contributed by atoms with Crippen LogP contribution in [-0.4, -0.2) is 25.7 Å². The average Bonchev–Trinajstić information content (AvgIpc) is 2.95. The number of imidazole rings is 1. The van der Waals surface area contributed by atoms with E-state index in [-0.39, 0.29) is 5.91 Å². The Bertz CT molecular complexity index is 760. The first-order valence-electron chi connectivity index (χ1n) is 5.58. The van der Waals surface area contributed by atoms with Gasteiger partial charge in [0.05, 0.1) is 21.7 Å². The number of aryl methyl sites for hydroxylation is 1. The molecule has 0 radical (unpaired) electrons. The number of carbonyl (C=O) groups is 1. The van der Waals surface area contributed by atoms with E-state index in [1.807, 2.05) is 35.9 Å². The van der Waals surface area contributed by atoms with Gasteiger partial charge in [0.1, 0.15) is 5.69 Å². The highest BCUT2D eigenvalue weighted by molar-refractivity contribution is 9.10. The Hall–Kier alpha value is -2.15. The summed E-state index contributed by atoms with van der Waals surface area (Å²) in [4.78, 5) is 16.4. The largest absolute Gasteiger partial charge is 0.313 e. The lowest BCUT2D eigenvalue weighted by Gasteiger charge is -2.03. The highest BCUT2D eigenvalue weighted by Gasteiger charge is 2.15. The molecule has 0 atom stereocenters. The molecule has 1 amide bonds. The number of amides is 1. The second-order valence-corrected chi connectivity index (χ2v) is 4.88. The topological polar surface area (TPSA) is 75.6 Å². The molecule has 3 aromatic rings. The summed E-state index contributed by atoms with van der Waals surface area (Å²) in [6.07, 6.45) is 1.53. The fourth-order valence-corrected chi connectivity index (χ4v) is 2.22. The summed E-state index contributed by atoms with van der Waals surface area (Å²) in [6.45, 7) is 0. The number of hydrogen-bond donors (Lipinski definition) is 2. The summed E-state index contributed by atoms with van der Waals surface area (Å²) in [5, 5.41) is 9.18. The first-order valence-corrected chi connectivity index (χ1v) is 6.38. The Labute approximate surface area is 117 Å². The van der Waals surface area contributed by atoms with Crippen LogP contribution in [0.2, 0.25) is 0 Å². The maximum atomic E-state index is 12.1. The molecule has 19 heavy (non-hydrogen) atoms. The van der Waals surface area contributed by atoms with E-state index < -0.39 is 0 Å². The van der Waals surface area contributed by atoms with Gasteiger partial charge in [-0.25, -0.2) is 4.98 Å². The number of para-hydroxylation sites is 2. The lowest BCUT2D eigenvalue weighted by molar-refractivity contribution is 0.102. The summed E-state index contributed by atoms with van der Waals surface area (Å²) < 4.78 is 2.45. The van der Waals surface area contributed by atoms with Gasteiger partial charge >= 0.3 is 0 Å². The van der Waals surface area contributed by atoms with Gasteiger partial charge in [0.2, 0.25) is 5.95 Å². The van der Waals surface area contributed by atoms with E-state index in [0.717, 1.165) is 11.0 Å². The molecule has 2 heterocycles. The minimum absolute atomic E-state index is 0.289. The summed E-state index contributed by atoms with van der Waals surface area (Å²) >= 11 is 3.25. The van der Waals surface area contributed by atoms with Crippen molar-refractivity contribution in [1.29, 1.82) is 0 Å². The summed E-state index contributed by atoms with van der Waals surface area (Å²) in [5.41, 5.74) is 2.16. The van der Waals surface area contributed by atoms with Crippen LogP contribution < -0.4 is 5.32 Å². The predicted molar refractivity (Wildman–Crippen MR) is 75.0 cm³/mol. The molecule has 0 spiro atoms. The molecule has 2 aromatic heterocycles. The zero-order valence-electron chi connectivity index (χ0n) is 10.0. The third kappa shape index (κ3) is 2.01. The number of benzene rings is 1. The van der Waals surface area contributed by atoms with Crippen LogP contribution in [0.25, 0.3) is 11.0 Å². The normalized spacial score (nSPS) is 10.8. The van der Waals surface area contributed by atoms with Gasteiger partial charge in [0.25, 0.3) is 5.91 Å². The van der Waals surface area contributed by atoms with E-state index in [9.17, 15) is 4.79 Å². The van der Waals surface area contributed by atoms with Gasteiger partial charge in [0.15, 0.2) is 0 Å². The smallest absolute Gasteiger partial charge is 0.277 e. The second kappa shape index (κ2) is 4.51.